The highest BCUT2D eigenvalue weighted by Crippen LogP contribution is 2.38. The van der Waals surface area contributed by atoms with E-state index in [1.807, 2.05) is 18.2 Å². The van der Waals surface area contributed by atoms with Gasteiger partial charge in [-0.15, -0.1) is 0 Å². The van der Waals surface area contributed by atoms with Gasteiger partial charge in [-0.05, 0) is 30.0 Å². The fourth-order valence-electron chi connectivity index (χ4n) is 2.02. The minimum absolute atomic E-state index is 0.173. The van der Waals surface area contributed by atoms with Crippen LogP contribution < -0.4 is 20.7 Å². The van der Waals surface area contributed by atoms with Crippen LogP contribution in [-0.4, -0.2) is 14.2 Å². The van der Waals surface area contributed by atoms with Gasteiger partial charge < -0.3 is 9.47 Å². The molecule has 1 fully saturated rings. The quantitative estimate of drug-likeness (QED) is 0.586. The largest absolute Gasteiger partial charge is 0.497 e. The summed E-state index contributed by atoms with van der Waals surface area (Å²) in [5.41, 5.74) is 4.00. The third kappa shape index (κ3) is 3.11. The van der Waals surface area contributed by atoms with E-state index in [0.717, 1.165) is 29.4 Å². The Morgan fingerprint density at radius 3 is 2.24 bits per heavy atom. The topological polar surface area (TPSA) is 56.5 Å². The Labute approximate surface area is 102 Å². The van der Waals surface area contributed by atoms with E-state index in [-0.39, 0.29) is 6.04 Å². The van der Waals surface area contributed by atoms with Crippen LogP contribution in [0.2, 0.25) is 0 Å². The molecule has 0 bridgehead atoms. The van der Waals surface area contributed by atoms with E-state index in [4.69, 9.17) is 15.3 Å². The molecule has 1 saturated carbocycles. The average molecular weight is 236 g/mol. The molecule has 1 unspecified atom stereocenters. The van der Waals surface area contributed by atoms with Crippen molar-refractivity contribution in [2.75, 3.05) is 14.2 Å². The lowest BCUT2D eigenvalue weighted by molar-refractivity contribution is 0.390. The lowest BCUT2D eigenvalue weighted by Gasteiger charge is -2.17. The van der Waals surface area contributed by atoms with Gasteiger partial charge in [-0.25, -0.2) is 0 Å². The molecule has 0 aliphatic heterocycles. The molecule has 1 aromatic carbocycles. The van der Waals surface area contributed by atoms with Crippen molar-refractivity contribution < 1.29 is 9.47 Å². The highest BCUT2D eigenvalue weighted by molar-refractivity contribution is 5.39. The molecule has 4 nitrogen and oxygen atoms in total. The molecular formula is C13H20N2O2. The van der Waals surface area contributed by atoms with Gasteiger partial charge in [0.25, 0.3) is 0 Å². The SMILES string of the molecule is COc1cc(OC)cc(C(CC2CC2)NN)c1. The number of benzene rings is 1. The predicted molar refractivity (Wildman–Crippen MR) is 67.0 cm³/mol. The van der Waals surface area contributed by atoms with Crippen molar-refractivity contribution in [3.05, 3.63) is 23.8 Å². The molecule has 0 aromatic heterocycles. The van der Waals surface area contributed by atoms with Gasteiger partial charge in [0, 0.05) is 12.1 Å². The summed E-state index contributed by atoms with van der Waals surface area (Å²) in [6, 6.07) is 6.06. The summed E-state index contributed by atoms with van der Waals surface area (Å²) in [5.74, 6) is 8.05. The average Bonchev–Trinajstić information content (AvgIpc) is 3.19. The fourth-order valence-corrected chi connectivity index (χ4v) is 2.02. The summed E-state index contributed by atoms with van der Waals surface area (Å²) in [6.45, 7) is 0. The van der Waals surface area contributed by atoms with Crippen molar-refractivity contribution in [1.82, 2.24) is 5.43 Å². The minimum Gasteiger partial charge on any atom is -0.497 e. The van der Waals surface area contributed by atoms with Crippen LogP contribution in [0, 0.1) is 5.92 Å². The fraction of sp³-hybridized carbons (Fsp3) is 0.538. The monoisotopic (exact) mass is 236 g/mol. The zero-order valence-electron chi connectivity index (χ0n) is 10.4. The summed E-state index contributed by atoms with van der Waals surface area (Å²) in [7, 11) is 3.31. The Kier molecular flexibility index (Phi) is 3.86. The van der Waals surface area contributed by atoms with Gasteiger partial charge in [0.2, 0.25) is 0 Å². The zero-order chi connectivity index (χ0) is 12.3. The van der Waals surface area contributed by atoms with Gasteiger partial charge >= 0.3 is 0 Å². The van der Waals surface area contributed by atoms with Crippen LogP contribution >= 0.6 is 0 Å². The third-order valence-electron chi connectivity index (χ3n) is 3.24. The van der Waals surface area contributed by atoms with E-state index in [1.54, 1.807) is 14.2 Å². The standard InChI is InChI=1S/C13H20N2O2/c1-16-11-6-10(7-12(8-11)17-2)13(15-14)5-9-3-4-9/h6-9,13,15H,3-5,14H2,1-2H3. The van der Waals surface area contributed by atoms with Gasteiger partial charge in [0.15, 0.2) is 0 Å². The third-order valence-corrected chi connectivity index (χ3v) is 3.24. The number of hydrogen-bond donors (Lipinski definition) is 2. The van der Waals surface area contributed by atoms with E-state index in [0.29, 0.717) is 0 Å². The number of ether oxygens (including phenoxy) is 2. The summed E-state index contributed by atoms with van der Waals surface area (Å²) in [4.78, 5) is 0. The number of nitrogens with one attached hydrogen (secondary N) is 1. The first-order chi connectivity index (χ1) is 8.26. The highest BCUT2D eigenvalue weighted by Gasteiger charge is 2.26. The van der Waals surface area contributed by atoms with Crippen LogP contribution in [0.4, 0.5) is 0 Å². The molecule has 0 radical (unpaired) electrons. The zero-order valence-corrected chi connectivity index (χ0v) is 10.4. The van der Waals surface area contributed by atoms with E-state index in [1.165, 1.54) is 12.8 Å². The van der Waals surface area contributed by atoms with E-state index >= 15 is 0 Å². The van der Waals surface area contributed by atoms with E-state index in [9.17, 15) is 0 Å². The maximum Gasteiger partial charge on any atom is 0.122 e. The Morgan fingerprint density at radius 2 is 1.82 bits per heavy atom. The Bertz CT molecular complexity index is 355. The normalized spacial score (nSPS) is 16.6. The summed E-state index contributed by atoms with van der Waals surface area (Å²) in [5, 5.41) is 0. The first-order valence-electron chi connectivity index (χ1n) is 5.96. The number of hydrogen-bond acceptors (Lipinski definition) is 4. The number of nitrogens with two attached hydrogens (primary N) is 1. The minimum atomic E-state index is 0.173. The maximum absolute atomic E-state index is 5.63. The van der Waals surface area contributed by atoms with Crippen molar-refractivity contribution in [2.45, 2.75) is 25.3 Å². The van der Waals surface area contributed by atoms with Crippen LogP contribution in [0.1, 0.15) is 30.9 Å². The number of hydrazine groups is 1. The molecule has 0 saturated heterocycles. The van der Waals surface area contributed by atoms with Crippen molar-refractivity contribution in [1.29, 1.82) is 0 Å². The molecule has 1 atom stereocenters. The van der Waals surface area contributed by atoms with Crippen LogP contribution in [-0.2, 0) is 0 Å². The van der Waals surface area contributed by atoms with E-state index < -0.39 is 0 Å². The molecule has 1 aromatic rings. The first-order valence-corrected chi connectivity index (χ1v) is 5.96. The lowest BCUT2D eigenvalue weighted by atomic mass is 10.0. The molecule has 2 rings (SSSR count). The van der Waals surface area contributed by atoms with Crippen molar-refractivity contribution in [3.8, 4) is 11.5 Å². The maximum atomic E-state index is 5.63. The summed E-state index contributed by atoms with van der Waals surface area (Å²) >= 11 is 0. The summed E-state index contributed by atoms with van der Waals surface area (Å²) in [6.07, 6.45) is 3.71. The molecule has 0 amide bonds. The Morgan fingerprint density at radius 1 is 1.24 bits per heavy atom. The molecule has 94 valence electrons. The lowest BCUT2D eigenvalue weighted by Crippen LogP contribution is -2.28. The van der Waals surface area contributed by atoms with Crippen LogP contribution in [0.25, 0.3) is 0 Å². The first kappa shape index (κ1) is 12.2. The van der Waals surface area contributed by atoms with Gasteiger partial charge in [0.05, 0.1) is 14.2 Å². The second-order valence-electron chi connectivity index (χ2n) is 4.54. The summed E-state index contributed by atoms with van der Waals surface area (Å²) < 4.78 is 10.5. The van der Waals surface area contributed by atoms with Crippen LogP contribution in [0.3, 0.4) is 0 Å². The van der Waals surface area contributed by atoms with Gasteiger partial charge in [-0.2, -0.15) is 0 Å². The Hall–Kier alpha value is -1.26. The van der Waals surface area contributed by atoms with E-state index in [2.05, 4.69) is 5.43 Å². The smallest absolute Gasteiger partial charge is 0.122 e. The Balaban J connectivity index is 2.20. The molecule has 0 heterocycles. The number of methoxy groups -OCH3 is 2. The highest BCUT2D eigenvalue weighted by atomic mass is 16.5. The van der Waals surface area contributed by atoms with Gasteiger partial charge in [0.1, 0.15) is 11.5 Å². The molecular weight excluding hydrogens is 216 g/mol. The van der Waals surface area contributed by atoms with Gasteiger partial charge in [-0.1, -0.05) is 12.8 Å². The molecule has 3 N–H and O–H groups in total. The van der Waals surface area contributed by atoms with Crippen LogP contribution in [0.15, 0.2) is 18.2 Å². The predicted octanol–water partition coefficient (Wildman–Crippen LogP) is 2.01. The van der Waals surface area contributed by atoms with Gasteiger partial charge in [-0.3, -0.25) is 11.3 Å². The molecule has 0 spiro atoms. The molecule has 1 aliphatic rings. The molecule has 17 heavy (non-hydrogen) atoms. The van der Waals surface area contributed by atoms with Crippen LogP contribution in [0.5, 0.6) is 11.5 Å². The molecule has 1 aliphatic carbocycles. The second kappa shape index (κ2) is 5.38. The van der Waals surface area contributed by atoms with Crippen molar-refractivity contribution in [2.24, 2.45) is 11.8 Å². The van der Waals surface area contributed by atoms with Crippen molar-refractivity contribution in [3.63, 3.8) is 0 Å². The molecule has 4 heteroatoms. The number of rotatable bonds is 6. The van der Waals surface area contributed by atoms with Crippen molar-refractivity contribution >= 4 is 0 Å². The second-order valence-corrected chi connectivity index (χ2v) is 4.54.